The first-order valence-corrected chi connectivity index (χ1v) is 5.24. The summed E-state index contributed by atoms with van der Waals surface area (Å²) in [6.45, 7) is 3.34. The molecule has 0 heterocycles. The number of rotatable bonds is 3. The average Bonchev–Trinajstić information content (AvgIpc) is 1.98. The van der Waals surface area contributed by atoms with Gasteiger partial charge in [-0.3, -0.25) is 9.11 Å². The van der Waals surface area contributed by atoms with Crippen molar-refractivity contribution in [1.82, 2.24) is 0 Å². The minimum atomic E-state index is -4.67. The van der Waals surface area contributed by atoms with Crippen LogP contribution in [-0.4, -0.2) is 41.3 Å². The molecular weight excluding hydrogens is 228 g/mol. The summed E-state index contributed by atoms with van der Waals surface area (Å²) in [5, 5.41) is 8.67. The number of allylic oxidation sites excluding steroid dienone is 1. The highest BCUT2D eigenvalue weighted by Gasteiger charge is 1.98. The summed E-state index contributed by atoms with van der Waals surface area (Å²) in [6.07, 6.45) is 2.31. The number of carbonyl (C=O) groups is 1. The van der Waals surface area contributed by atoms with E-state index in [4.69, 9.17) is 22.6 Å². The standard InChI is InChI=1S/C7H12O3.H2O4S/c1-3-4-7(9)10-5-6(2)8;1-5(2,3)4/h3-4,6,8H,5H2,1-2H3;(H2,1,2,3,4). The van der Waals surface area contributed by atoms with E-state index < -0.39 is 22.5 Å². The van der Waals surface area contributed by atoms with Gasteiger partial charge in [0.25, 0.3) is 0 Å². The maximum absolute atomic E-state index is 10.5. The van der Waals surface area contributed by atoms with Gasteiger partial charge in [0.05, 0.1) is 6.10 Å². The number of hydrogen-bond acceptors (Lipinski definition) is 5. The van der Waals surface area contributed by atoms with Gasteiger partial charge in [0.15, 0.2) is 0 Å². The SMILES string of the molecule is CC=CC(=O)OCC(C)O.O=S(=O)(O)O. The summed E-state index contributed by atoms with van der Waals surface area (Å²) in [6, 6.07) is 0. The summed E-state index contributed by atoms with van der Waals surface area (Å²) >= 11 is 0. The average molecular weight is 242 g/mol. The molecule has 0 amide bonds. The van der Waals surface area contributed by atoms with Crippen LogP contribution >= 0.6 is 0 Å². The normalized spacial score (nSPS) is 12.9. The number of aliphatic hydroxyl groups is 1. The van der Waals surface area contributed by atoms with Gasteiger partial charge >= 0.3 is 16.4 Å². The molecule has 0 aliphatic heterocycles. The second-order valence-electron chi connectivity index (χ2n) is 2.43. The summed E-state index contributed by atoms with van der Waals surface area (Å²) in [5.41, 5.74) is 0. The van der Waals surface area contributed by atoms with Gasteiger partial charge in [-0.1, -0.05) is 6.08 Å². The van der Waals surface area contributed by atoms with Gasteiger partial charge < -0.3 is 9.84 Å². The third kappa shape index (κ3) is 32.1. The molecule has 0 spiro atoms. The molecular formula is C7H14O7S. The number of aliphatic hydroxyl groups excluding tert-OH is 1. The lowest BCUT2D eigenvalue weighted by atomic mass is 10.4. The van der Waals surface area contributed by atoms with Crippen LogP contribution in [0.5, 0.6) is 0 Å². The highest BCUT2D eigenvalue weighted by molar-refractivity contribution is 7.79. The van der Waals surface area contributed by atoms with Crippen LogP contribution in [0.4, 0.5) is 0 Å². The predicted octanol–water partition coefficient (Wildman–Crippen LogP) is -0.166. The van der Waals surface area contributed by atoms with Gasteiger partial charge in [-0.05, 0) is 13.8 Å². The smallest absolute Gasteiger partial charge is 0.394 e. The van der Waals surface area contributed by atoms with Gasteiger partial charge in [0, 0.05) is 6.08 Å². The predicted molar refractivity (Wildman–Crippen MR) is 51.6 cm³/mol. The fourth-order valence-corrected chi connectivity index (χ4v) is 0.387. The summed E-state index contributed by atoms with van der Waals surface area (Å²) in [7, 11) is -4.67. The lowest BCUT2D eigenvalue weighted by molar-refractivity contribution is -0.140. The molecule has 0 bridgehead atoms. The first-order valence-electron chi connectivity index (χ1n) is 3.84. The zero-order valence-corrected chi connectivity index (χ0v) is 9.14. The van der Waals surface area contributed by atoms with Crippen LogP contribution in [0.25, 0.3) is 0 Å². The highest BCUT2D eigenvalue weighted by atomic mass is 32.3. The molecule has 1 unspecified atom stereocenters. The Balaban J connectivity index is 0. The molecule has 15 heavy (non-hydrogen) atoms. The van der Waals surface area contributed by atoms with Crippen LogP contribution in [0.1, 0.15) is 13.8 Å². The van der Waals surface area contributed by atoms with Gasteiger partial charge in [-0.15, -0.1) is 0 Å². The monoisotopic (exact) mass is 242 g/mol. The largest absolute Gasteiger partial charge is 0.460 e. The van der Waals surface area contributed by atoms with E-state index in [-0.39, 0.29) is 6.61 Å². The van der Waals surface area contributed by atoms with Crippen LogP contribution in [0, 0.1) is 0 Å². The van der Waals surface area contributed by atoms with E-state index >= 15 is 0 Å². The van der Waals surface area contributed by atoms with Crippen molar-refractivity contribution in [2.75, 3.05) is 6.61 Å². The highest BCUT2D eigenvalue weighted by Crippen LogP contribution is 1.85. The van der Waals surface area contributed by atoms with Gasteiger partial charge in [0.2, 0.25) is 0 Å². The number of esters is 1. The van der Waals surface area contributed by atoms with E-state index in [1.54, 1.807) is 19.9 Å². The van der Waals surface area contributed by atoms with E-state index in [1.165, 1.54) is 6.08 Å². The molecule has 0 aromatic carbocycles. The van der Waals surface area contributed by atoms with E-state index in [0.717, 1.165) is 0 Å². The Hall–Kier alpha value is -0.960. The Bertz CT molecular complexity index is 282. The minimum Gasteiger partial charge on any atom is -0.460 e. The first-order chi connectivity index (χ1) is 6.66. The van der Waals surface area contributed by atoms with Gasteiger partial charge in [-0.2, -0.15) is 8.42 Å². The summed E-state index contributed by atoms with van der Waals surface area (Å²) in [5.74, 6) is -0.414. The number of ether oxygens (including phenoxy) is 1. The molecule has 0 aliphatic carbocycles. The minimum absolute atomic E-state index is 0.0587. The van der Waals surface area contributed by atoms with Crippen molar-refractivity contribution in [2.24, 2.45) is 0 Å². The first kappa shape index (κ1) is 16.5. The van der Waals surface area contributed by atoms with Gasteiger partial charge in [0.1, 0.15) is 6.61 Å². The summed E-state index contributed by atoms with van der Waals surface area (Å²) in [4.78, 5) is 10.5. The van der Waals surface area contributed by atoms with E-state index in [2.05, 4.69) is 4.74 Å². The lowest BCUT2D eigenvalue weighted by Crippen LogP contribution is -2.13. The van der Waals surface area contributed by atoms with E-state index in [0.29, 0.717) is 0 Å². The van der Waals surface area contributed by atoms with Crippen molar-refractivity contribution in [2.45, 2.75) is 20.0 Å². The Morgan fingerprint density at radius 1 is 1.47 bits per heavy atom. The van der Waals surface area contributed by atoms with E-state index in [1.807, 2.05) is 0 Å². The molecule has 0 saturated carbocycles. The molecule has 3 N–H and O–H groups in total. The van der Waals surface area contributed by atoms with Gasteiger partial charge in [-0.25, -0.2) is 4.79 Å². The molecule has 1 atom stereocenters. The van der Waals surface area contributed by atoms with Crippen molar-refractivity contribution >= 4 is 16.4 Å². The molecule has 0 aromatic rings. The van der Waals surface area contributed by atoms with E-state index in [9.17, 15) is 4.79 Å². The summed E-state index contributed by atoms with van der Waals surface area (Å²) < 4.78 is 36.2. The molecule has 0 fully saturated rings. The molecule has 0 saturated heterocycles. The topological polar surface area (TPSA) is 121 Å². The Morgan fingerprint density at radius 3 is 2.13 bits per heavy atom. The quantitative estimate of drug-likeness (QED) is 0.357. The molecule has 0 rings (SSSR count). The van der Waals surface area contributed by atoms with Crippen molar-refractivity contribution in [3.05, 3.63) is 12.2 Å². The maximum atomic E-state index is 10.5. The lowest BCUT2D eigenvalue weighted by Gasteiger charge is -2.02. The Labute approximate surface area is 87.9 Å². The van der Waals surface area contributed by atoms with Crippen molar-refractivity contribution in [3.63, 3.8) is 0 Å². The second-order valence-corrected chi connectivity index (χ2v) is 3.32. The molecule has 8 heteroatoms. The zero-order chi connectivity index (χ0) is 12.5. The molecule has 7 nitrogen and oxygen atoms in total. The van der Waals surface area contributed by atoms with Crippen LogP contribution in [0.3, 0.4) is 0 Å². The second kappa shape index (κ2) is 8.36. The fourth-order valence-electron chi connectivity index (χ4n) is 0.387. The van der Waals surface area contributed by atoms with Crippen LogP contribution in [0.15, 0.2) is 12.2 Å². The van der Waals surface area contributed by atoms with Crippen molar-refractivity contribution in [3.8, 4) is 0 Å². The third-order valence-electron chi connectivity index (χ3n) is 0.770. The molecule has 90 valence electrons. The van der Waals surface area contributed by atoms with Crippen LogP contribution < -0.4 is 0 Å². The Morgan fingerprint density at radius 2 is 1.87 bits per heavy atom. The molecule has 0 aliphatic rings. The van der Waals surface area contributed by atoms with Crippen molar-refractivity contribution < 1.29 is 32.2 Å². The zero-order valence-electron chi connectivity index (χ0n) is 8.32. The molecule has 0 radical (unpaired) electrons. The Kier molecular flexibility index (Phi) is 9.18. The fraction of sp³-hybridized carbons (Fsp3) is 0.571. The third-order valence-corrected chi connectivity index (χ3v) is 0.770. The maximum Gasteiger partial charge on any atom is 0.394 e. The number of hydrogen-bond donors (Lipinski definition) is 3. The van der Waals surface area contributed by atoms with Crippen molar-refractivity contribution in [1.29, 1.82) is 0 Å². The van der Waals surface area contributed by atoms with Crippen LogP contribution in [0.2, 0.25) is 0 Å². The number of carbonyl (C=O) groups excluding carboxylic acids is 1. The van der Waals surface area contributed by atoms with Crippen LogP contribution in [-0.2, 0) is 19.9 Å². The molecule has 0 aromatic heterocycles.